The maximum Gasteiger partial charge on any atom is 0.325 e. The number of fused-ring (bicyclic) bond motifs is 1. The predicted molar refractivity (Wildman–Crippen MR) is 87.6 cm³/mol. The van der Waals surface area contributed by atoms with E-state index in [-0.39, 0.29) is 21.7 Å². The summed E-state index contributed by atoms with van der Waals surface area (Å²) in [5, 5.41) is 14.4. The molecular weight excluding hydrogens is 369 g/mol. The molecule has 2 aromatic carbocycles. The van der Waals surface area contributed by atoms with E-state index in [4.69, 9.17) is 4.74 Å². The highest BCUT2D eigenvalue weighted by molar-refractivity contribution is 14.1. The first-order valence-electron chi connectivity index (χ1n) is 6.27. The van der Waals surface area contributed by atoms with Gasteiger partial charge in [-0.2, -0.15) is 0 Å². The number of aromatic hydroxyl groups is 1. The van der Waals surface area contributed by atoms with E-state index in [1.165, 1.54) is 6.07 Å². The molecule has 2 aromatic rings. The molecule has 2 rings (SSSR count). The van der Waals surface area contributed by atoms with Gasteiger partial charge in [0.25, 0.3) is 0 Å². The molecule has 0 bridgehead atoms. The summed E-state index contributed by atoms with van der Waals surface area (Å²) in [6, 6.07) is 10.6. The highest BCUT2D eigenvalue weighted by Crippen LogP contribution is 2.31. The fraction of sp³-hybridized carbons (Fsp3) is 0.267. The number of hydrogen-bond donors (Lipinski definition) is 2. The number of hydrogen-bond acceptors (Lipinski definition) is 4. The van der Waals surface area contributed by atoms with Gasteiger partial charge in [-0.1, -0.05) is 46.9 Å². The van der Waals surface area contributed by atoms with Crippen LogP contribution in [0.3, 0.4) is 0 Å². The van der Waals surface area contributed by atoms with Gasteiger partial charge in [0, 0.05) is 17.5 Å². The van der Waals surface area contributed by atoms with Crippen LogP contribution in [0.2, 0.25) is 0 Å². The van der Waals surface area contributed by atoms with Crippen molar-refractivity contribution in [2.24, 2.45) is 0 Å². The highest BCUT2D eigenvalue weighted by atomic mass is 127. The second kappa shape index (κ2) is 6.41. The van der Waals surface area contributed by atoms with Crippen LogP contribution in [0.4, 0.5) is 0 Å². The van der Waals surface area contributed by atoms with Crippen molar-refractivity contribution in [2.45, 2.75) is 16.9 Å². The molecule has 0 fully saturated rings. The molecular formula is C15H16INO3. The van der Waals surface area contributed by atoms with Crippen molar-refractivity contribution >= 4 is 39.3 Å². The van der Waals surface area contributed by atoms with Crippen molar-refractivity contribution in [3.8, 4) is 11.5 Å². The topological polar surface area (TPSA) is 58.6 Å². The van der Waals surface area contributed by atoms with E-state index >= 15 is 0 Å². The van der Waals surface area contributed by atoms with Crippen molar-refractivity contribution in [1.29, 1.82) is 0 Å². The molecule has 0 spiro atoms. The lowest BCUT2D eigenvalue weighted by molar-refractivity contribution is -0.133. The van der Waals surface area contributed by atoms with Crippen molar-refractivity contribution in [1.82, 2.24) is 5.32 Å². The lowest BCUT2D eigenvalue weighted by Crippen LogP contribution is -2.38. The number of carbonyl (C=O) groups is 1. The second-order valence-electron chi connectivity index (χ2n) is 4.57. The molecule has 0 saturated heterocycles. The van der Waals surface area contributed by atoms with Crippen LogP contribution in [-0.4, -0.2) is 28.1 Å². The molecule has 0 aliphatic rings. The number of ether oxygens (including phenoxy) is 1. The van der Waals surface area contributed by atoms with Gasteiger partial charge in [0.2, 0.25) is 0 Å². The molecule has 4 nitrogen and oxygen atoms in total. The van der Waals surface area contributed by atoms with E-state index in [0.29, 0.717) is 5.75 Å². The Kier molecular flexibility index (Phi) is 4.82. The molecule has 20 heavy (non-hydrogen) atoms. The number of carbonyl (C=O) groups excluding carboxylic acids is 1. The number of phenols is 1. The summed E-state index contributed by atoms with van der Waals surface area (Å²) in [5.74, 6) is 0.136. The monoisotopic (exact) mass is 385 g/mol. The second-order valence-corrected chi connectivity index (χ2v) is 5.91. The quantitative estimate of drug-likeness (QED) is 0.368. The minimum Gasteiger partial charge on any atom is -0.508 e. The highest BCUT2D eigenvalue weighted by Gasteiger charge is 2.23. The zero-order valence-electron chi connectivity index (χ0n) is 11.3. The van der Waals surface area contributed by atoms with Gasteiger partial charge in [-0.05, 0) is 25.4 Å². The Balaban J connectivity index is 2.32. The van der Waals surface area contributed by atoms with E-state index in [1.54, 1.807) is 13.1 Å². The summed E-state index contributed by atoms with van der Waals surface area (Å²) in [6.07, 6.45) is 0. The molecule has 106 valence electrons. The van der Waals surface area contributed by atoms with Gasteiger partial charge in [0.15, 0.2) is 0 Å². The average Bonchev–Trinajstić information content (AvgIpc) is 2.45. The van der Waals surface area contributed by atoms with Gasteiger partial charge in [-0.3, -0.25) is 4.79 Å². The summed E-state index contributed by atoms with van der Waals surface area (Å²) in [7, 11) is 1.80. The van der Waals surface area contributed by atoms with Crippen LogP contribution in [0.5, 0.6) is 11.5 Å². The predicted octanol–water partition coefficient (Wildman–Crippen LogP) is 2.86. The maximum atomic E-state index is 12.1. The van der Waals surface area contributed by atoms with Crippen LogP contribution in [0.15, 0.2) is 36.4 Å². The lowest BCUT2D eigenvalue weighted by atomic mass is 10.1. The van der Waals surface area contributed by atoms with E-state index in [2.05, 4.69) is 27.9 Å². The average molecular weight is 385 g/mol. The van der Waals surface area contributed by atoms with E-state index in [1.807, 2.05) is 31.2 Å². The Morgan fingerprint density at radius 1 is 1.35 bits per heavy atom. The molecule has 0 heterocycles. The molecule has 5 heteroatoms. The zero-order valence-corrected chi connectivity index (χ0v) is 13.4. The largest absolute Gasteiger partial charge is 0.508 e. The SMILES string of the molecule is CNC(C)C(I)C(=O)Oc1cc(O)cc2ccccc12. The Morgan fingerprint density at radius 3 is 2.75 bits per heavy atom. The summed E-state index contributed by atoms with van der Waals surface area (Å²) < 4.78 is 5.14. The Labute approximate surface area is 131 Å². The van der Waals surface area contributed by atoms with Crippen LogP contribution >= 0.6 is 22.6 Å². The first-order chi connectivity index (χ1) is 9.52. The van der Waals surface area contributed by atoms with Crippen LogP contribution in [-0.2, 0) is 4.79 Å². The first kappa shape index (κ1) is 15.1. The van der Waals surface area contributed by atoms with Gasteiger partial charge < -0.3 is 15.2 Å². The molecule has 0 aliphatic heterocycles. The normalized spacial score (nSPS) is 13.9. The first-order valence-corrected chi connectivity index (χ1v) is 7.52. The van der Waals surface area contributed by atoms with Gasteiger partial charge in [0.05, 0.1) is 0 Å². The van der Waals surface area contributed by atoms with E-state index in [0.717, 1.165) is 10.8 Å². The van der Waals surface area contributed by atoms with E-state index < -0.39 is 0 Å². The number of nitrogens with one attached hydrogen (secondary N) is 1. The van der Waals surface area contributed by atoms with Crippen molar-refractivity contribution in [3.63, 3.8) is 0 Å². The van der Waals surface area contributed by atoms with Crippen LogP contribution in [0.1, 0.15) is 6.92 Å². The summed E-state index contributed by atoms with van der Waals surface area (Å²) >= 11 is 2.05. The Morgan fingerprint density at radius 2 is 2.05 bits per heavy atom. The molecule has 2 unspecified atom stereocenters. The van der Waals surface area contributed by atoms with Crippen molar-refractivity contribution in [3.05, 3.63) is 36.4 Å². The third kappa shape index (κ3) is 3.21. The van der Waals surface area contributed by atoms with Gasteiger partial charge >= 0.3 is 5.97 Å². The maximum absolute atomic E-state index is 12.1. The summed E-state index contributed by atoms with van der Waals surface area (Å²) in [5.41, 5.74) is 0. The number of phenolic OH excluding ortho intramolecular Hbond substituents is 1. The number of benzene rings is 2. The molecule has 0 saturated carbocycles. The lowest BCUT2D eigenvalue weighted by Gasteiger charge is -2.17. The summed E-state index contributed by atoms with van der Waals surface area (Å²) in [6.45, 7) is 1.92. The number of halogens is 1. The number of alkyl halides is 1. The van der Waals surface area contributed by atoms with Crippen molar-refractivity contribution < 1.29 is 14.6 Å². The number of esters is 1. The minimum atomic E-state index is -0.330. The molecule has 0 amide bonds. The third-order valence-corrected chi connectivity index (χ3v) is 4.73. The van der Waals surface area contributed by atoms with Gasteiger partial charge in [0.1, 0.15) is 15.4 Å². The van der Waals surface area contributed by atoms with Crippen LogP contribution in [0.25, 0.3) is 10.8 Å². The fourth-order valence-corrected chi connectivity index (χ4v) is 2.35. The minimum absolute atomic E-state index is 0.00618. The Bertz CT molecular complexity index is 630. The van der Waals surface area contributed by atoms with Crippen LogP contribution < -0.4 is 10.1 Å². The fourth-order valence-electron chi connectivity index (χ4n) is 1.86. The van der Waals surface area contributed by atoms with Crippen molar-refractivity contribution in [2.75, 3.05) is 7.05 Å². The molecule has 0 radical (unpaired) electrons. The van der Waals surface area contributed by atoms with Gasteiger partial charge in [-0.25, -0.2) is 0 Å². The van der Waals surface area contributed by atoms with Crippen LogP contribution in [0, 0.1) is 0 Å². The molecule has 2 atom stereocenters. The molecule has 2 N–H and O–H groups in total. The molecule has 0 aromatic heterocycles. The van der Waals surface area contributed by atoms with E-state index in [9.17, 15) is 9.90 Å². The smallest absolute Gasteiger partial charge is 0.325 e. The van der Waals surface area contributed by atoms with Gasteiger partial charge in [-0.15, -0.1) is 0 Å². The standard InChI is InChI=1S/C15H16INO3/c1-9(17-2)14(16)15(19)20-13-8-11(18)7-10-5-3-4-6-12(10)13/h3-9,14,17-18H,1-2H3. The Hall–Kier alpha value is -1.34. The third-order valence-electron chi connectivity index (χ3n) is 3.14. The molecule has 0 aliphatic carbocycles. The summed E-state index contributed by atoms with van der Waals surface area (Å²) in [4.78, 5) is 12.1. The zero-order chi connectivity index (χ0) is 14.7. The number of rotatable bonds is 4.